The van der Waals surface area contributed by atoms with Gasteiger partial charge in [0.15, 0.2) is 23.2 Å². The quantitative estimate of drug-likeness (QED) is 0.529. The number of halogens is 3. The van der Waals surface area contributed by atoms with Crippen LogP contribution in [-0.4, -0.2) is 10.8 Å². The summed E-state index contributed by atoms with van der Waals surface area (Å²) in [6.45, 7) is 0. The molecule has 0 aliphatic heterocycles. The fourth-order valence-corrected chi connectivity index (χ4v) is 2.14. The van der Waals surface area contributed by atoms with Crippen LogP contribution in [0, 0.1) is 17.5 Å². The fraction of sp³-hybridized carbons (Fsp3) is 0. The molecule has 1 heterocycles. The van der Waals surface area contributed by atoms with Crippen molar-refractivity contribution in [1.29, 1.82) is 0 Å². The topological polar surface area (TPSA) is 30.0 Å². The third-order valence-electron chi connectivity index (χ3n) is 3.19. The first kappa shape index (κ1) is 13.3. The summed E-state index contributed by atoms with van der Waals surface area (Å²) in [6.07, 6.45) is 2.85. The van der Waals surface area contributed by atoms with Crippen LogP contribution >= 0.6 is 0 Å². The predicted octanol–water partition coefficient (Wildman–Crippen LogP) is 3.88. The molecule has 2 nitrogen and oxygen atoms in total. The molecule has 0 aliphatic rings. The lowest BCUT2D eigenvalue weighted by Gasteiger charge is -2.07. The molecular formula is C16H8F3NO. The van der Waals surface area contributed by atoms with Crippen molar-refractivity contribution < 1.29 is 18.0 Å². The van der Waals surface area contributed by atoms with Crippen LogP contribution in [0.15, 0.2) is 48.8 Å². The van der Waals surface area contributed by atoms with E-state index in [4.69, 9.17) is 0 Å². The van der Waals surface area contributed by atoms with E-state index in [-0.39, 0.29) is 5.56 Å². The maximum absolute atomic E-state index is 13.7. The van der Waals surface area contributed by atoms with Crippen LogP contribution in [0.2, 0.25) is 0 Å². The highest BCUT2D eigenvalue weighted by Crippen LogP contribution is 2.23. The Morgan fingerprint density at radius 1 is 0.857 bits per heavy atom. The van der Waals surface area contributed by atoms with Gasteiger partial charge in [-0.25, -0.2) is 13.2 Å². The number of benzene rings is 2. The Bertz CT molecular complexity index is 856. The summed E-state index contributed by atoms with van der Waals surface area (Å²) < 4.78 is 39.9. The van der Waals surface area contributed by atoms with Crippen LogP contribution in [0.4, 0.5) is 13.2 Å². The summed E-state index contributed by atoms with van der Waals surface area (Å²) in [7, 11) is 0. The van der Waals surface area contributed by atoms with Gasteiger partial charge in [0.1, 0.15) is 0 Å². The van der Waals surface area contributed by atoms with Gasteiger partial charge in [0.2, 0.25) is 0 Å². The van der Waals surface area contributed by atoms with E-state index < -0.39 is 28.8 Å². The summed E-state index contributed by atoms with van der Waals surface area (Å²) in [6, 6.07) is 8.59. The van der Waals surface area contributed by atoms with E-state index in [9.17, 15) is 18.0 Å². The maximum Gasteiger partial charge on any atom is 0.198 e. The molecule has 3 rings (SSSR count). The zero-order valence-corrected chi connectivity index (χ0v) is 10.6. The van der Waals surface area contributed by atoms with Crippen LogP contribution < -0.4 is 0 Å². The number of carbonyl (C=O) groups is 1. The molecule has 2 aromatic carbocycles. The first-order valence-corrected chi connectivity index (χ1v) is 6.10. The molecule has 3 aromatic rings. The standard InChI is InChI=1S/C16H8F3NO/c17-13-6-5-11(14(18)15(13)19)16(21)12-8-20-7-9-3-1-2-4-10(9)12/h1-8H. The normalized spacial score (nSPS) is 10.8. The van der Waals surface area contributed by atoms with Crippen molar-refractivity contribution in [2.24, 2.45) is 0 Å². The van der Waals surface area contributed by atoms with E-state index in [1.807, 2.05) is 0 Å². The lowest BCUT2D eigenvalue weighted by molar-refractivity contribution is 0.103. The van der Waals surface area contributed by atoms with Crippen LogP contribution in [0.25, 0.3) is 10.8 Å². The molecule has 0 atom stereocenters. The lowest BCUT2D eigenvalue weighted by atomic mass is 9.99. The average molecular weight is 287 g/mol. The van der Waals surface area contributed by atoms with Crippen LogP contribution in [0.5, 0.6) is 0 Å². The first-order valence-electron chi connectivity index (χ1n) is 6.10. The van der Waals surface area contributed by atoms with Crippen molar-refractivity contribution in [3.05, 3.63) is 77.4 Å². The Labute approximate surface area is 117 Å². The molecule has 0 N–H and O–H groups in total. The molecule has 21 heavy (non-hydrogen) atoms. The molecule has 5 heteroatoms. The molecule has 0 radical (unpaired) electrons. The highest BCUT2D eigenvalue weighted by molar-refractivity contribution is 6.16. The minimum Gasteiger partial charge on any atom is -0.288 e. The number of aromatic nitrogens is 1. The number of ketones is 1. The van der Waals surface area contributed by atoms with E-state index >= 15 is 0 Å². The van der Waals surface area contributed by atoms with Crippen molar-refractivity contribution in [3.63, 3.8) is 0 Å². The zero-order chi connectivity index (χ0) is 15.0. The predicted molar refractivity (Wildman–Crippen MR) is 71.5 cm³/mol. The third kappa shape index (κ3) is 2.16. The Hall–Kier alpha value is -2.69. The number of rotatable bonds is 2. The third-order valence-corrected chi connectivity index (χ3v) is 3.19. The van der Waals surface area contributed by atoms with Crippen LogP contribution in [0.3, 0.4) is 0 Å². The van der Waals surface area contributed by atoms with E-state index in [2.05, 4.69) is 4.98 Å². The number of nitrogens with zero attached hydrogens (tertiary/aromatic N) is 1. The number of pyridine rings is 1. The lowest BCUT2D eigenvalue weighted by Crippen LogP contribution is -2.08. The monoisotopic (exact) mass is 287 g/mol. The number of carbonyl (C=O) groups excluding carboxylic acids is 1. The molecule has 0 aliphatic carbocycles. The van der Waals surface area contributed by atoms with Gasteiger partial charge in [-0.2, -0.15) is 0 Å². The van der Waals surface area contributed by atoms with Gasteiger partial charge < -0.3 is 0 Å². The molecule has 0 amide bonds. The van der Waals surface area contributed by atoms with Crippen molar-refractivity contribution in [2.75, 3.05) is 0 Å². The average Bonchev–Trinajstić information content (AvgIpc) is 2.51. The number of hydrogen-bond acceptors (Lipinski definition) is 2. The van der Waals surface area contributed by atoms with Crippen molar-refractivity contribution >= 4 is 16.6 Å². The second-order valence-electron chi connectivity index (χ2n) is 4.46. The highest BCUT2D eigenvalue weighted by Gasteiger charge is 2.21. The van der Waals surface area contributed by atoms with Gasteiger partial charge in [-0.05, 0) is 17.5 Å². The molecule has 104 valence electrons. The van der Waals surface area contributed by atoms with Crippen LogP contribution in [0.1, 0.15) is 15.9 Å². The number of hydrogen-bond donors (Lipinski definition) is 0. The van der Waals surface area contributed by atoms with Gasteiger partial charge in [-0.15, -0.1) is 0 Å². The largest absolute Gasteiger partial charge is 0.288 e. The van der Waals surface area contributed by atoms with Gasteiger partial charge in [0.05, 0.1) is 5.56 Å². The SMILES string of the molecule is O=C(c1ccc(F)c(F)c1F)c1cncc2ccccc12. The van der Waals surface area contributed by atoms with E-state index in [1.165, 1.54) is 6.20 Å². The summed E-state index contributed by atoms with van der Waals surface area (Å²) in [5.74, 6) is -5.22. The minimum atomic E-state index is -1.66. The second kappa shape index (κ2) is 5.01. The summed E-state index contributed by atoms with van der Waals surface area (Å²) in [5.41, 5.74) is -0.384. The Morgan fingerprint density at radius 2 is 1.62 bits per heavy atom. The van der Waals surface area contributed by atoms with E-state index in [0.717, 1.165) is 12.1 Å². The highest BCUT2D eigenvalue weighted by atomic mass is 19.2. The van der Waals surface area contributed by atoms with Crippen molar-refractivity contribution in [2.45, 2.75) is 0 Å². The second-order valence-corrected chi connectivity index (χ2v) is 4.46. The van der Waals surface area contributed by atoms with Gasteiger partial charge in [0.25, 0.3) is 0 Å². The molecular weight excluding hydrogens is 279 g/mol. The first-order chi connectivity index (χ1) is 10.1. The molecule has 0 fully saturated rings. The summed E-state index contributed by atoms with van der Waals surface area (Å²) >= 11 is 0. The molecule has 0 saturated carbocycles. The van der Waals surface area contributed by atoms with Crippen molar-refractivity contribution in [3.8, 4) is 0 Å². The molecule has 1 aromatic heterocycles. The maximum atomic E-state index is 13.7. The van der Waals surface area contributed by atoms with Gasteiger partial charge in [-0.1, -0.05) is 24.3 Å². The Balaban J connectivity index is 2.20. The summed E-state index contributed by atoms with van der Waals surface area (Å²) in [4.78, 5) is 16.3. The number of fused-ring (bicyclic) bond motifs is 1. The van der Waals surface area contributed by atoms with Crippen LogP contribution in [-0.2, 0) is 0 Å². The Kier molecular flexibility index (Phi) is 3.17. The van der Waals surface area contributed by atoms with Gasteiger partial charge >= 0.3 is 0 Å². The molecule has 0 unspecified atom stereocenters. The fourth-order valence-electron chi connectivity index (χ4n) is 2.14. The van der Waals surface area contributed by atoms with E-state index in [1.54, 1.807) is 30.5 Å². The molecule has 0 saturated heterocycles. The minimum absolute atomic E-state index is 0.137. The van der Waals surface area contributed by atoms with Crippen molar-refractivity contribution in [1.82, 2.24) is 4.98 Å². The molecule has 0 spiro atoms. The van der Waals surface area contributed by atoms with Gasteiger partial charge in [0, 0.05) is 23.3 Å². The van der Waals surface area contributed by atoms with Gasteiger partial charge in [-0.3, -0.25) is 9.78 Å². The van der Waals surface area contributed by atoms with E-state index in [0.29, 0.717) is 10.8 Å². The summed E-state index contributed by atoms with van der Waals surface area (Å²) in [5, 5.41) is 1.27. The Morgan fingerprint density at radius 3 is 2.43 bits per heavy atom. The zero-order valence-electron chi connectivity index (χ0n) is 10.6. The molecule has 0 bridgehead atoms. The smallest absolute Gasteiger partial charge is 0.198 e.